The number of allylic oxidation sites excluding steroid dienone is 2. The fourth-order valence-electron chi connectivity index (χ4n) is 3.46. The minimum Gasteiger partial charge on any atom is -0.350 e. The number of thiophene rings is 2. The molecule has 0 amide bonds. The Labute approximate surface area is 160 Å². The van der Waals surface area contributed by atoms with Crippen LogP contribution in [0.25, 0.3) is 6.08 Å². The van der Waals surface area contributed by atoms with Crippen molar-refractivity contribution < 1.29 is 4.79 Å². The Morgan fingerprint density at radius 1 is 1.24 bits per heavy atom. The normalized spacial score (nSPS) is 24.1. The largest absolute Gasteiger partial charge is 0.350 e. The molecule has 2 N–H and O–H groups in total. The van der Waals surface area contributed by atoms with Gasteiger partial charge in [-0.1, -0.05) is 26.0 Å². The van der Waals surface area contributed by atoms with Gasteiger partial charge in [0.05, 0.1) is 6.04 Å². The van der Waals surface area contributed by atoms with E-state index in [0.29, 0.717) is 5.11 Å². The van der Waals surface area contributed by atoms with Gasteiger partial charge in [0.25, 0.3) is 0 Å². The molecule has 0 bridgehead atoms. The van der Waals surface area contributed by atoms with Crippen LogP contribution in [0.3, 0.4) is 0 Å². The van der Waals surface area contributed by atoms with Crippen molar-refractivity contribution in [1.29, 1.82) is 0 Å². The molecule has 2 aromatic rings. The second-order valence-electron chi connectivity index (χ2n) is 6.90. The number of hydrogen-bond donors (Lipinski definition) is 2. The number of carbonyl (C=O) groups excluding carboxylic acids is 1. The van der Waals surface area contributed by atoms with Crippen LogP contribution in [0.1, 0.15) is 36.1 Å². The predicted molar refractivity (Wildman–Crippen MR) is 109 cm³/mol. The lowest BCUT2D eigenvalue weighted by molar-refractivity contribution is -0.114. The molecule has 2 aliphatic rings. The molecule has 2 aromatic heterocycles. The van der Waals surface area contributed by atoms with E-state index in [1.165, 1.54) is 0 Å². The number of thiocarbonyl (C=S) groups is 1. The van der Waals surface area contributed by atoms with Crippen molar-refractivity contribution in [3.63, 3.8) is 0 Å². The number of rotatable bonds is 2. The van der Waals surface area contributed by atoms with Gasteiger partial charge in [-0.15, -0.1) is 22.7 Å². The first-order chi connectivity index (χ1) is 12.0. The van der Waals surface area contributed by atoms with Crippen LogP contribution >= 0.6 is 34.9 Å². The number of ketones is 1. The van der Waals surface area contributed by atoms with Crippen LogP contribution in [-0.2, 0) is 4.79 Å². The molecule has 0 saturated carbocycles. The molecule has 128 valence electrons. The second-order valence-corrected chi connectivity index (χ2v) is 9.27. The summed E-state index contributed by atoms with van der Waals surface area (Å²) in [7, 11) is 0. The van der Waals surface area contributed by atoms with E-state index >= 15 is 0 Å². The maximum atomic E-state index is 13.5. The number of nitrogens with one attached hydrogen (secondary N) is 2. The summed E-state index contributed by atoms with van der Waals surface area (Å²) in [4.78, 5) is 15.7. The first-order valence-electron chi connectivity index (χ1n) is 8.10. The fraction of sp³-hybridized carbons (Fsp3) is 0.263. The first-order valence-corrected chi connectivity index (χ1v) is 10.3. The lowest BCUT2D eigenvalue weighted by Crippen LogP contribution is -2.49. The summed E-state index contributed by atoms with van der Waals surface area (Å²) in [6.07, 6.45) is 2.82. The molecule has 0 saturated heterocycles. The Kier molecular flexibility index (Phi) is 4.14. The lowest BCUT2D eigenvalue weighted by Gasteiger charge is -2.40. The second kappa shape index (κ2) is 6.20. The third-order valence-electron chi connectivity index (χ3n) is 4.65. The Morgan fingerprint density at radius 3 is 2.68 bits per heavy atom. The van der Waals surface area contributed by atoms with Crippen molar-refractivity contribution in [3.05, 3.63) is 61.6 Å². The molecule has 6 heteroatoms. The molecular formula is C19H18N2OS3. The van der Waals surface area contributed by atoms with Crippen molar-refractivity contribution >= 4 is 51.9 Å². The van der Waals surface area contributed by atoms with Crippen molar-refractivity contribution in [2.24, 2.45) is 5.41 Å². The molecule has 1 atom stereocenters. The van der Waals surface area contributed by atoms with E-state index in [1.807, 2.05) is 29.0 Å². The minimum atomic E-state index is -0.236. The van der Waals surface area contributed by atoms with Gasteiger partial charge in [0.15, 0.2) is 10.9 Å². The lowest BCUT2D eigenvalue weighted by atomic mass is 9.69. The molecule has 0 aromatic carbocycles. The van der Waals surface area contributed by atoms with E-state index in [4.69, 9.17) is 12.2 Å². The average molecular weight is 387 g/mol. The summed E-state index contributed by atoms with van der Waals surface area (Å²) < 4.78 is 0. The standard InChI is InChI=1S/C19H18N2OS3/c1-19(2)10-13-15(17(22)12(19)9-11-5-3-7-24-11)16(21-18(23)20-13)14-6-4-8-25-14/h3-9,16H,10H2,1-2H3,(H2,20,21,23). The van der Waals surface area contributed by atoms with Crippen LogP contribution in [0, 0.1) is 5.41 Å². The van der Waals surface area contributed by atoms with Crippen molar-refractivity contribution in [1.82, 2.24) is 10.6 Å². The Morgan fingerprint density at radius 2 is 2.00 bits per heavy atom. The van der Waals surface area contributed by atoms with Gasteiger partial charge in [-0.25, -0.2) is 0 Å². The summed E-state index contributed by atoms with van der Waals surface area (Å²) in [5, 5.41) is 11.2. The van der Waals surface area contributed by atoms with Gasteiger partial charge in [0.1, 0.15) is 0 Å². The molecule has 4 rings (SSSR count). The number of Topliss-reactive ketones (excluding diaryl/α,β-unsaturated/α-hetero) is 1. The quantitative estimate of drug-likeness (QED) is 0.582. The monoisotopic (exact) mass is 386 g/mol. The molecule has 25 heavy (non-hydrogen) atoms. The average Bonchev–Trinajstić information content (AvgIpc) is 3.23. The summed E-state index contributed by atoms with van der Waals surface area (Å²) in [6, 6.07) is 7.95. The van der Waals surface area contributed by atoms with Gasteiger partial charge in [-0.05, 0) is 53.0 Å². The van der Waals surface area contributed by atoms with Crippen molar-refractivity contribution in [3.8, 4) is 0 Å². The zero-order valence-corrected chi connectivity index (χ0v) is 16.4. The Hall–Kier alpha value is -1.76. The summed E-state index contributed by atoms with van der Waals surface area (Å²) >= 11 is 8.68. The van der Waals surface area contributed by atoms with Gasteiger partial charge >= 0.3 is 0 Å². The predicted octanol–water partition coefficient (Wildman–Crippen LogP) is 4.67. The topological polar surface area (TPSA) is 41.1 Å². The third kappa shape index (κ3) is 2.99. The van der Waals surface area contributed by atoms with Gasteiger partial charge < -0.3 is 10.6 Å². The van der Waals surface area contributed by atoms with E-state index < -0.39 is 0 Å². The van der Waals surface area contributed by atoms with Gasteiger partial charge in [0.2, 0.25) is 0 Å². The van der Waals surface area contributed by atoms with Gasteiger partial charge in [-0.3, -0.25) is 4.79 Å². The maximum Gasteiger partial charge on any atom is 0.189 e. The number of carbonyl (C=O) groups is 1. The van der Waals surface area contributed by atoms with Gasteiger partial charge in [0, 0.05) is 26.6 Å². The van der Waals surface area contributed by atoms with Crippen LogP contribution in [0.15, 0.2) is 51.9 Å². The summed E-state index contributed by atoms with van der Waals surface area (Å²) in [5.41, 5.74) is 2.39. The highest BCUT2D eigenvalue weighted by molar-refractivity contribution is 7.80. The number of hydrogen-bond acceptors (Lipinski definition) is 4. The molecule has 0 radical (unpaired) electrons. The van der Waals surface area contributed by atoms with Crippen LogP contribution in [0.2, 0.25) is 0 Å². The molecular weight excluding hydrogens is 368 g/mol. The molecule has 0 spiro atoms. The van der Waals surface area contributed by atoms with Crippen molar-refractivity contribution in [2.45, 2.75) is 26.3 Å². The zero-order chi connectivity index (χ0) is 17.6. The SMILES string of the molecule is CC1(C)CC2=C(C(=O)C1=Cc1cccs1)C(c1cccs1)NC(=S)N2. The Balaban J connectivity index is 1.84. The maximum absolute atomic E-state index is 13.5. The smallest absolute Gasteiger partial charge is 0.189 e. The van der Waals surface area contributed by atoms with Crippen LogP contribution in [-0.4, -0.2) is 10.9 Å². The van der Waals surface area contributed by atoms with Crippen LogP contribution in [0.4, 0.5) is 0 Å². The Bertz CT molecular complexity index is 889. The minimum absolute atomic E-state index is 0.112. The zero-order valence-electron chi connectivity index (χ0n) is 14.0. The fourth-order valence-corrected chi connectivity index (χ4v) is 5.14. The third-order valence-corrected chi connectivity index (χ3v) is 6.62. The first kappa shape index (κ1) is 16.7. The highest BCUT2D eigenvalue weighted by atomic mass is 32.1. The van der Waals surface area contributed by atoms with E-state index in [9.17, 15) is 4.79 Å². The van der Waals surface area contributed by atoms with E-state index in [0.717, 1.165) is 33.0 Å². The van der Waals surface area contributed by atoms with E-state index in [1.54, 1.807) is 22.7 Å². The van der Waals surface area contributed by atoms with Crippen LogP contribution in [0.5, 0.6) is 0 Å². The van der Waals surface area contributed by atoms with E-state index in [2.05, 4.69) is 36.6 Å². The molecule has 0 fully saturated rings. The molecule has 1 unspecified atom stereocenters. The molecule has 1 aliphatic heterocycles. The van der Waals surface area contributed by atoms with Crippen LogP contribution < -0.4 is 10.6 Å². The van der Waals surface area contributed by atoms with E-state index in [-0.39, 0.29) is 17.2 Å². The molecule has 3 nitrogen and oxygen atoms in total. The van der Waals surface area contributed by atoms with Crippen molar-refractivity contribution in [2.75, 3.05) is 0 Å². The highest BCUT2D eigenvalue weighted by Crippen LogP contribution is 2.46. The van der Waals surface area contributed by atoms with Gasteiger partial charge in [-0.2, -0.15) is 0 Å². The summed E-state index contributed by atoms with van der Waals surface area (Å²) in [5.74, 6) is 0.112. The molecule has 1 aliphatic carbocycles. The highest BCUT2D eigenvalue weighted by Gasteiger charge is 2.43. The molecule has 3 heterocycles. The summed E-state index contributed by atoms with van der Waals surface area (Å²) in [6.45, 7) is 4.25.